The minimum absolute atomic E-state index is 0.285. The molecule has 1 heterocycles. The van der Waals surface area contributed by atoms with Crippen LogP contribution in [0.4, 0.5) is 0 Å². The van der Waals surface area contributed by atoms with Gasteiger partial charge in [-0.05, 0) is 24.1 Å². The van der Waals surface area contributed by atoms with Crippen LogP contribution in [0.2, 0.25) is 0 Å². The number of hydrogen-bond acceptors (Lipinski definition) is 3. The van der Waals surface area contributed by atoms with E-state index in [0.717, 1.165) is 28.9 Å². The highest BCUT2D eigenvalue weighted by Gasteiger charge is 2.13. The minimum atomic E-state index is -0.919. The SMILES string of the molecule is CCc1c(-c2ccccc2)nnn1Cc1ccc(C(=O)O)cc1. The van der Waals surface area contributed by atoms with Crippen molar-refractivity contribution in [2.24, 2.45) is 0 Å². The highest BCUT2D eigenvalue weighted by atomic mass is 16.4. The standard InChI is InChI=1S/C18H17N3O2/c1-2-16-17(14-6-4-3-5-7-14)19-20-21(16)12-13-8-10-15(11-9-13)18(22)23/h3-11H,2,12H2,1H3,(H,22,23). The first-order chi connectivity index (χ1) is 11.2. The summed E-state index contributed by atoms with van der Waals surface area (Å²) < 4.78 is 1.87. The van der Waals surface area contributed by atoms with E-state index in [1.165, 1.54) is 0 Å². The Bertz CT molecular complexity index is 808. The first-order valence-electron chi connectivity index (χ1n) is 7.49. The molecule has 0 saturated heterocycles. The number of rotatable bonds is 5. The zero-order chi connectivity index (χ0) is 16.2. The molecule has 0 atom stereocenters. The fraction of sp³-hybridized carbons (Fsp3) is 0.167. The van der Waals surface area contributed by atoms with E-state index in [4.69, 9.17) is 5.11 Å². The van der Waals surface area contributed by atoms with E-state index >= 15 is 0 Å². The van der Waals surface area contributed by atoms with Gasteiger partial charge in [0.1, 0.15) is 5.69 Å². The Labute approximate surface area is 134 Å². The van der Waals surface area contributed by atoms with Gasteiger partial charge in [0.15, 0.2) is 0 Å². The quantitative estimate of drug-likeness (QED) is 0.785. The average Bonchev–Trinajstić information content (AvgIpc) is 2.98. The first-order valence-corrected chi connectivity index (χ1v) is 7.49. The van der Waals surface area contributed by atoms with Crippen molar-refractivity contribution in [2.75, 3.05) is 0 Å². The molecule has 1 N–H and O–H groups in total. The number of aromatic carboxylic acids is 1. The second-order valence-corrected chi connectivity index (χ2v) is 5.26. The number of hydrogen-bond donors (Lipinski definition) is 1. The van der Waals surface area contributed by atoms with Gasteiger partial charge < -0.3 is 5.11 Å². The summed E-state index contributed by atoms with van der Waals surface area (Å²) in [5.74, 6) is -0.919. The van der Waals surface area contributed by atoms with Gasteiger partial charge in [-0.2, -0.15) is 0 Å². The van der Waals surface area contributed by atoms with Crippen LogP contribution in [-0.4, -0.2) is 26.1 Å². The molecule has 23 heavy (non-hydrogen) atoms. The molecule has 5 nitrogen and oxygen atoms in total. The fourth-order valence-corrected chi connectivity index (χ4v) is 2.56. The van der Waals surface area contributed by atoms with Crippen molar-refractivity contribution in [3.05, 3.63) is 71.4 Å². The van der Waals surface area contributed by atoms with Crippen LogP contribution in [0, 0.1) is 0 Å². The van der Waals surface area contributed by atoms with Crippen LogP contribution in [0.25, 0.3) is 11.3 Å². The topological polar surface area (TPSA) is 68.0 Å². The van der Waals surface area contributed by atoms with Crippen molar-refractivity contribution in [3.63, 3.8) is 0 Å². The molecule has 0 amide bonds. The largest absolute Gasteiger partial charge is 0.478 e. The maximum Gasteiger partial charge on any atom is 0.335 e. The Kier molecular flexibility index (Phi) is 4.19. The van der Waals surface area contributed by atoms with Gasteiger partial charge in [0.25, 0.3) is 0 Å². The summed E-state index contributed by atoms with van der Waals surface area (Å²) in [5, 5.41) is 17.5. The van der Waals surface area contributed by atoms with E-state index in [-0.39, 0.29) is 5.56 Å². The van der Waals surface area contributed by atoms with E-state index in [0.29, 0.717) is 6.54 Å². The molecule has 3 rings (SSSR count). The smallest absolute Gasteiger partial charge is 0.335 e. The number of nitrogens with zero attached hydrogens (tertiary/aromatic N) is 3. The Hall–Kier alpha value is -2.95. The summed E-state index contributed by atoms with van der Waals surface area (Å²) in [6.45, 7) is 2.65. The lowest BCUT2D eigenvalue weighted by molar-refractivity contribution is 0.0697. The summed E-state index contributed by atoms with van der Waals surface area (Å²) in [7, 11) is 0. The molecule has 0 aliphatic rings. The van der Waals surface area contributed by atoms with E-state index in [1.807, 2.05) is 47.1 Å². The molecule has 0 unspecified atom stereocenters. The minimum Gasteiger partial charge on any atom is -0.478 e. The highest BCUT2D eigenvalue weighted by Crippen LogP contribution is 2.22. The second kappa shape index (κ2) is 6.44. The summed E-state index contributed by atoms with van der Waals surface area (Å²) in [6.07, 6.45) is 0.824. The predicted molar refractivity (Wildman–Crippen MR) is 87.3 cm³/mol. The lowest BCUT2D eigenvalue weighted by Crippen LogP contribution is -2.06. The van der Waals surface area contributed by atoms with E-state index < -0.39 is 5.97 Å². The number of carbonyl (C=O) groups is 1. The van der Waals surface area contributed by atoms with E-state index in [2.05, 4.69) is 17.2 Å². The van der Waals surface area contributed by atoms with Crippen LogP contribution in [0.15, 0.2) is 54.6 Å². The van der Waals surface area contributed by atoms with Crippen molar-refractivity contribution in [1.82, 2.24) is 15.0 Å². The van der Waals surface area contributed by atoms with Gasteiger partial charge in [-0.1, -0.05) is 54.6 Å². The third kappa shape index (κ3) is 3.13. The highest BCUT2D eigenvalue weighted by molar-refractivity contribution is 5.87. The molecule has 0 fully saturated rings. The average molecular weight is 307 g/mol. The summed E-state index contributed by atoms with van der Waals surface area (Å²) in [4.78, 5) is 10.9. The van der Waals surface area contributed by atoms with Crippen LogP contribution in [0.1, 0.15) is 28.5 Å². The number of carboxylic acids is 1. The molecular weight excluding hydrogens is 290 g/mol. The monoisotopic (exact) mass is 307 g/mol. The lowest BCUT2D eigenvalue weighted by Gasteiger charge is -2.07. The van der Waals surface area contributed by atoms with Crippen LogP contribution in [0.3, 0.4) is 0 Å². The second-order valence-electron chi connectivity index (χ2n) is 5.26. The van der Waals surface area contributed by atoms with Crippen molar-refractivity contribution >= 4 is 5.97 Å². The maximum absolute atomic E-state index is 10.9. The number of carboxylic acid groups (broad SMARTS) is 1. The fourth-order valence-electron chi connectivity index (χ4n) is 2.56. The Morgan fingerprint density at radius 2 is 1.78 bits per heavy atom. The molecule has 0 bridgehead atoms. The van der Waals surface area contributed by atoms with Gasteiger partial charge in [0, 0.05) is 5.56 Å². The third-order valence-corrected chi connectivity index (χ3v) is 3.75. The van der Waals surface area contributed by atoms with Crippen LogP contribution in [-0.2, 0) is 13.0 Å². The third-order valence-electron chi connectivity index (χ3n) is 3.75. The Balaban J connectivity index is 1.89. The molecule has 0 saturated carbocycles. The van der Waals surface area contributed by atoms with E-state index in [9.17, 15) is 4.79 Å². The summed E-state index contributed by atoms with van der Waals surface area (Å²) in [6, 6.07) is 16.8. The molecule has 0 radical (unpaired) electrons. The predicted octanol–water partition coefficient (Wildman–Crippen LogP) is 3.25. The van der Waals surface area contributed by atoms with Crippen molar-refractivity contribution in [3.8, 4) is 11.3 Å². The van der Waals surface area contributed by atoms with E-state index in [1.54, 1.807) is 12.1 Å². The van der Waals surface area contributed by atoms with Gasteiger partial charge in [-0.15, -0.1) is 5.10 Å². The molecule has 2 aromatic carbocycles. The zero-order valence-corrected chi connectivity index (χ0v) is 12.8. The van der Waals surface area contributed by atoms with Gasteiger partial charge in [0.05, 0.1) is 17.8 Å². The number of aromatic nitrogens is 3. The molecule has 0 spiro atoms. The molecule has 1 aromatic heterocycles. The maximum atomic E-state index is 10.9. The molecule has 0 aliphatic heterocycles. The molecule has 0 aliphatic carbocycles. The van der Waals surface area contributed by atoms with Crippen LogP contribution < -0.4 is 0 Å². The summed E-state index contributed by atoms with van der Waals surface area (Å²) >= 11 is 0. The van der Waals surface area contributed by atoms with Gasteiger partial charge >= 0.3 is 5.97 Å². The van der Waals surface area contributed by atoms with Crippen molar-refractivity contribution in [2.45, 2.75) is 19.9 Å². The zero-order valence-electron chi connectivity index (χ0n) is 12.8. The Morgan fingerprint density at radius 1 is 1.09 bits per heavy atom. The van der Waals surface area contributed by atoms with Crippen LogP contribution >= 0.6 is 0 Å². The molecular formula is C18H17N3O2. The molecule has 5 heteroatoms. The van der Waals surface area contributed by atoms with Gasteiger partial charge in [-0.25, -0.2) is 9.48 Å². The first kappa shape index (κ1) is 15.0. The molecule has 116 valence electrons. The van der Waals surface area contributed by atoms with Gasteiger partial charge in [0.2, 0.25) is 0 Å². The normalized spacial score (nSPS) is 10.7. The molecule has 3 aromatic rings. The number of benzene rings is 2. The lowest BCUT2D eigenvalue weighted by atomic mass is 10.1. The van der Waals surface area contributed by atoms with Crippen LogP contribution in [0.5, 0.6) is 0 Å². The van der Waals surface area contributed by atoms with Crippen molar-refractivity contribution < 1.29 is 9.90 Å². The summed E-state index contributed by atoms with van der Waals surface area (Å²) in [5.41, 5.74) is 4.30. The van der Waals surface area contributed by atoms with Gasteiger partial charge in [-0.3, -0.25) is 0 Å². The Morgan fingerprint density at radius 3 is 2.39 bits per heavy atom. The van der Waals surface area contributed by atoms with Crippen molar-refractivity contribution in [1.29, 1.82) is 0 Å².